The van der Waals surface area contributed by atoms with E-state index in [2.05, 4.69) is 25.8 Å². The Morgan fingerprint density at radius 3 is 2.00 bits per heavy atom. The van der Waals surface area contributed by atoms with Crippen LogP contribution in [0.3, 0.4) is 0 Å². The molecule has 0 heterocycles. The summed E-state index contributed by atoms with van der Waals surface area (Å²) >= 11 is 0. The van der Waals surface area contributed by atoms with Crippen molar-refractivity contribution in [2.24, 2.45) is 0 Å². The van der Waals surface area contributed by atoms with Crippen LogP contribution in [0.25, 0.3) is 0 Å². The van der Waals surface area contributed by atoms with E-state index in [0.717, 1.165) is 0 Å². The smallest absolute Gasteiger partial charge is 0.00219 e. The molecule has 0 rings (SSSR count). The predicted molar refractivity (Wildman–Crippen MR) is 49.9 cm³/mol. The maximum Gasteiger partial charge on any atom is -0.00219 e. The molecule has 1 nitrogen and oxygen atoms in total. The van der Waals surface area contributed by atoms with E-state index in [0.29, 0.717) is 0 Å². The molecule has 0 N–H and O–H groups in total. The molecule has 10 heavy (non-hydrogen) atoms. The molecule has 0 aliphatic carbocycles. The molecule has 0 aliphatic rings. The SMILES string of the molecule is CCCCN(C)CCC.Cl. The van der Waals surface area contributed by atoms with Crippen LogP contribution < -0.4 is 0 Å². The highest BCUT2D eigenvalue weighted by Gasteiger charge is 1.92. The fourth-order valence-electron chi connectivity index (χ4n) is 0.922. The molecule has 0 radical (unpaired) electrons. The number of nitrogens with zero attached hydrogens (tertiary/aromatic N) is 1. The third-order valence-electron chi connectivity index (χ3n) is 1.50. The van der Waals surface area contributed by atoms with Gasteiger partial charge >= 0.3 is 0 Å². The Kier molecular flexibility index (Phi) is 11.9. The summed E-state index contributed by atoms with van der Waals surface area (Å²) in [5.41, 5.74) is 0. The van der Waals surface area contributed by atoms with E-state index in [9.17, 15) is 0 Å². The molecule has 0 aromatic rings. The monoisotopic (exact) mass is 165 g/mol. The summed E-state index contributed by atoms with van der Waals surface area (Å²) in [6.45, 7) is 6.98. The van der Waals surface area contributed by atoms with Crippen molar-refractivity contribution in [1.82, 2.24) is 4.90 Å². The number of unbranched alkanes of at least 4 members (excludes halogenated alkanes) is 1. The van der Waals surface area contributed by atoms with Crippen LogP contribution in [0, 0.1) is 0 Å². The normalized spacial score (nSPS) is 9.60. The van der Waals surface area contributed by atoms with Gasteiger partial charge in [0.2, 0.25) is 0 Å². The lowest BCUT2D eigenvalue weighted by Crippen LogP contribution is -2.19. The van der Waals surface area contributed by atoms with Gasteiger partial charge in [0, 0.05) is 0 Å². The highest BCUT2D eigenvalue weighted by atomic mass is 35.5. The molecule has 64 valence electrons. The van der Waals surface area contributed by atoms with Gasteiger partial charge in [-0.2, -0.15) is 0 Å². The van der Waals surface area contributed by atoms with E-state index < -0.39 is 0 Å². The molecule has 0 aromatic carbocycles. The minimum Gasteiger partial charge on any atom is -0.306 e. The first kappa shape index (κ1) is 12.9. The summed E-state index contributed by atoms with van der Waals surface area (Å²) in [5.74, 6) is 0. The molecule has 0 bridgehead atoms. The van der Waals surface area contributed by atoms with Crippen LogP contribution in [0.1, 0.15) is 33.1 Å². The summed E-state index contributed by atoms with van der Waals surface area (Å²) < 4.78 is 0. The molecule has 0 aromatic heterocycles. The van der Waals surface area contributed by atoms with Crippen molar-refractivity contribution < 1.29 is 0 Å². The Labute approximate surface area is 71.2 Å². The Balaban J connectivity index is 0. The molecule has 0 saturated carbocycles. The topological polar surface area (TPSA) is 3.24 Å². The number of rotatable bonds is 5. The lowest BCUT2D eigenvalue weighted by molar-refractivity contribution is 0.329. The lowest BCUT2D eigenvalue weighted by Gasteiger charge is -2.13. The average Bonchev–Trinajstić information content (AvgIpc) is 1.85. The van der Waals surface area contributed by atoms with Gasteiger partial charge in [0.05, 0.1) is 0 Å². The summed E-state index contributed by atoms with van der Waals surface area (Å²) in [6.07, 6.45) is 3.94. The van der Waals surface area contributed by atoms with Crippen LogP contribution in [0.15, 0.2) is 0 Å². The van der Waals surface area contributed by atoms with Gasteiger partial charge in [-0.1, -0.05) is 20.3 Å². The third-order valence-corrected chi connectivity index (χ3v) is 1.50. The lowest BCUT2D eigenvalue weighted by atomic mass is 10.3. The van der Waals surface area contributed by atoms with Gasteiger partial charge < -0.3 is 4.90 Å². The van der Waals surface area contributed by atoms with Crippen molar-refractivity contribution in [3.63, 3.8) is 0 Å². The minimum atomic E-state index is 0. The van der Waals surface area contributed by atoms with Crippen LogP contribution in [-0.4, -0.2) is 25.0 Å². The largest absolute Gasteiger partial charge is 0.306 e. The van der Waals surface area contributed by atoms with E-state index >= 15 is 0 Å². The fourth-order valence-corrected chi connectivity index (χ4v) is 0.922. The zero-order chi connectivity index (χ0) is 7.11. The number of hydrogen-bond donors (Lipinski definition) is 0. The molecule has 2 heteroatoms. The zero-order valence-electron chi connectivity index (χ0n) is 7.39. The van der Waals surface area contributed by atoms with Crippen LogP contribution in [0.5, 0.6) is 0 Å². The van der Waals surface area contributed by atoms with Gasteiger partial charge in [-0.15, -0.1) is 12.4 Å². The first-order valence-corrected chi connectivity index (χ1v) is 3.99. The molecular weight excluding hydrogens is 146 g/mol. The van der Waals surface area contributed by atoms with E-state index in [1.165, 1.54) is 32.4 Å². The number of halogens is 1. The summed E-state index contributed by atoms with van der Waals surface area (Å²) in [6, 6.07) is 0. The van der Waals surface area contributed by atoms with Crippen molar-refractivity contribution in [2.45, 2.75) is 33.1 Å². The molecule has 0 amide bonds. The standard InChI is InChI=1S/C8H19N.ClH/c1-4-6-8-9(3)7-5-2;/h4-8H2,1-3H3;1H. The number of hydrogen-bond acceptors (Lipinski definition) is 1. The van der Waals surface area contributed by atoms with Gasteiger partial charge in [-0.25, -0.2) is 0 Å². The Hall–Kier alpha value is 0.250. The van der Waals surface area contributed by atoms with E-state index in [4.69, 9.17) is 0 Å². The summed E-state index contributed by atoms with van der Waals surface area (Å²) in [7, 11) is 2.19. The average molecular weight is 166 g/mol. The van der Waals surface area contributed by atoms with Crippen molar-refractivity contribution in [3.05, 3.63) is 0 Å². The van der Waals surface area contributed by atoms with Crippen molar-refractivity contribution in [2.75, 3.05) is 20.1 Å². The Morgan fingerprint density at radius 1 is 1.00 bits per heavy atom. The molecule has 0 aliphatic heterocycles. The van der Waals surface area contributed by atoms with E-state index in [1.54, 1.807) is 0 Å². The molecule has 0 unspecified atom stereocenters. The van der Waals surface area contributed by atoms with Gasteiger partial charge in [-0.05, 0) is 33.0 Å². The van der Waals surface area contributed by atoms with Gasteiger partial charge in [0.15, 0.2) is 0 Å². The van der Waals surface area contributed by atoms with Crippen molar-refractivity contribution in [3.8, 4) is 0 Å². The second kappa shape index (κ2) is 9.25. The predicted octanol–water partition coefficient (Wildman–Crippen LogP) is 2.55. The van der Waals surface area contributed by atoms with E-state index in [-0.39, 0.29) is 12.4 Å². The minimum absolute atomic E-state index is 0. The second-order valence-corrected chi connectivity index (χ2v) is 2.66. The second-order valence-electron chi connectivity index (χ2n) is 2.66. The Bertz CT molecular complexity index is 57.2. The maximum absolute atomic E-state index is 2.39. The highest BCUT2D eigenvalue weighted by Crippen LogP contribution is 1.91. The zero-order valence-corrected chi connectivity index (χ0v) is 8.21. The first-order chi connectivity index (χ1) is 4.31. The van der Waals surface area contributed by atoms with Crippen molar-refractivity contribution in [1.29, 1.82) is 0 Å². The molecule has 0 fully saturated rings. The van der Waals surface area contributed by atoms with Gasteiger partial charge in [-0.3, -0.25) is 0 Å². The van der Waals surface area contributed by atoms with Crippen LogP contribution in [0.4, 0.5) is 0 Å². The van der Waals surface area contributed by atoms with Gasteiger partial charge in [0.25, 0.3) is 0 Å². The van der Waals surface area contributed by atoms with Crippen LogP contribution in [0.2, 0.25) is 0 Å². The van der Waals surface area contributed by atoms with Crippen LogP contribution >= 0.6 is 12.4 Å². The highest BCUT2D eigenvalue weighted by molar-refractivity contribution is 5.85. The molecule has 0 spiro atoms. The molecular formula is C8H20ClN. The van der Waals surface area contributed by atoms with Crippen molar-refractivity contribution >= 4 is 12.4 Å². The molecule has 0 atom stereocenters. The van der Waals surface area contributed by atoms with E-state index in [1.807, 2.05) is 0 Å². The fraction of sp³-hybridized carbons (Fsp3) is 1.00. The van der Waals surface area contributed by atoms with Gasteiger partial charge in [0.1, 0.15) is 0 Å². The summed E-state index contributed by atoms with van der Waals surface area (Å²) in [4.78, 5) is 2.39. The van der Waals surface area contributed by atoms with Crippen LogP contribution in [-0.2, 0) is 0 Å². The third kappa shape index (κ3) is 8.25. The summed E-state index contributed by atoms with van der Waals surface area (Å²) in [5, 5.41) is 0. The Morgan fingerprint density at radius 2 is 1.60 bits per heavy atom. The first-order valence-electron chi connectivity index (χ1n) is 3.99. The molecule has 0 saturated heterocycles. The quantitative estimate of drug-likeness (QED) is 0.606. The maximum atomic E-state index is 2.39.